The third kappa shape index (κ3) is 5.54. The van der Waals surface area contributed by atoms with Crippen molar-refractivity contribution in [3.05, 3.63) is 29.8 Å². The summed E-state index contributed by atoms with van der Waals surface area (Å²) >= 11 is 0. The molecule has 0 aromatic heterocycles. The molecule has 26 heavy (non-hydrogen) atoms. The third-order valence-corrected chi connectivity index (χ3v) is 5.54. The zero-order valence-corrected chi connectivity index (χ0v) is 16.2. The van der Waals surface area contributed by atoms with E-state index < -0.39 is 15.9 Å². The van der Waals surface area contributed by atoms with Gasteiger partial charge in [0, 0.05) is 32.7 Å². The fourth-order valence-corrected chi connectivity index (χ4v) is 3.11. The minimum absolute atomic E-state index is 0.000457. The fourth-order valence-electron chi connectivity index (χ4n) is 2.16. The Morgan fingerprint density at radius 1 is 1.31 bits per heavy atom. The number of sulfonamides is 1. The number of nitriles is 1. The van der Waals surface area contributed by atoms with Crippen LogP contribution < -0.4 is 5.32 Å². The first kappa shape index (κ1) is 21.6. The Hall–Kier alpha value is -2.44. The first-order valence-electron chi connectivity index (χ1n) is 8.11. The maximum atomic E-state index is 12.2. The molecule has 0 radical (unpaired) electrons. The molecule has 8 nitrogen and oxygen atoms in total. The van der Waals surface area contributed by atoms with E-state index in [2.05, 4.69) is 11.4 Å². The minimum Gasteiger partial charge on any atom is -0.343 e. The molecule has 0 fully saturated rings. The number of nitrogens with zero attached hydrogens (tertiary/aromatic N) is 3. The van der Waals surface area contributed by atoms with Gasteiger partial charge in [-0.2, -0.15) is 5.26 Å². The minimum atomic E-state index is -3.65. The lowest BCUT2D eigenvalue weighted by atomic mass is 10.2. The van der Waals surface area contributed by atoms with Crippen molar-refractivity contribution in [2.45, 2.75) is 18.7 Å². The van der Waals surface area contributed by atoms with Gasteiger partial charge in [-0.1, -0.05) is 6.07 Å². The Labute approximate surface area is 154 Å². The highest BCUT2D eigenvalue weighted by molar-refractivity contribution is 7.89. The molecular weight excluding hydrogens is 356 g/mol. The molecule has 0 heterocycles. The van der Waals surface area contributed by atoms with Crippen LogP contribution in [0.5, 0.6) is 0 Å². The Morgan fingerprint density at radius 2 is 1.96 bits per heavy atom. The SMILES string of the molecule is CCN(CC(C)C#N)C(=O)CNC(=O)c1cccc(S(=O)(=O)N(C)C)c1. The summed E-state index contributed by atoms with van der Waals surface area (Å²) in [5.74, 6) is -1.15. The Balaban J connectivity index is 2.80. The van der Waals surface area contributed by atoms with Crippen molar-refractivity contribution in [1.82, 2.24) is 14.5 Å². The van der Waals surface area contributed by atoms with Crippen molar-refractivity contribution < 1.29 is 18.0 Å². The molecule has 1 unspecified atom stereocenters. The van der Waals surface area contributed by atoms with Crippen LogP contribution in [0.25, 0.3) is 0 Å². The van der Waals surface area contributed by atoms with Crippen molar-refractivity contribution in [2.24, 2.45) is 5.92 Å². The van der Waals surface area contributed by atoms with Crippen LogP contribution in [-0.2, 0) is 14.8 Å². The highest BCUT2D eigenvalue weighted by Gasteiger charge is 2.20. The predicted molar refractivity (Wildman–Crippen MR) is 96.7 cm³/mol. The molecular formula is C17H24N4O4S. The van der Waals surface area contributed by atoms with Gasteiger partial charge in [0.25, 0.3) is 5.91 Å². The molecule has 1 aromatic rings. The van der Waals surface area contributed by atoms with Crippen molar-refractivity contribution >= 4 is 21.8 Å². The van der Waals surface area contributed by atoms with Crippen LogP contribution in [0.1, 0.15) is 24.2 Å². The topological polar surface area (TPSA) is 111 Å². The quantitative estimate of drug-likeness (QED) is 0.713. The average Bonchev–Trinajstić information content (AvgIpc) is 2.63. The van der Waals surface area contributed by atoms with Crippen LogP contribution in [0.3, 0.4) is 0 Å². The molecule has 0 saturated heterocycles. The van der Waals surface area contributed by atoms with Gasteiger partial charge in [-0.3, -0.25) is 9.59 Å². The van der Waals surface area contributed by atoms with Crippen molar-refractivity contribution in [1.29, 1.82) is 5.26 Å². The number of carbonyl (C=O) groups is 2. The molecule has 0 saturated carbocycles. The molecule has 0 aliphatic rings. The van der Waals surface area contributed by atoms with Crippen LogP contribution >= 0.6 is 0 Å². The van der Waals surface area contributed by atoms with Crippen LogP contribution in [0.4, 0.5) is 0 Å². The second-order valence-corrected chi connectivity index (χ2v) is 8.11. The van der Waals surface area contributed by atoms with Gasteiger partial charge in [0.05, 0.1) is 23.4 Å². The van der Waals surface area contributed by atoms with E-state index in [0.29, 0.717) is 6.54 Å². The Morgan fingerprint density at radius 3 is 2.50 bits per heavy atom. The summed E-state index contributed by atoms with van der Waals surface area (Å²) < 4.78 is 25.3. The van der Waals surface area contributed by atoms with Crippen molar-refractivity contribution in [2.75, 3.05) is 33.7 Å². The number of nitrogens with one attached hydrogen (secondary N) is 1. The number of carbonyl (C=O) groups excluding carboxylic acids is 2. The van der Waals surface area contributed by atoms with Gasteiger partial charge in [-0.15, -0.1) is 0 Å². The van der Waals surface area contributed by atoms with E-state index in [1.165, 1.54) is 43.3 Å². The summed E-state index contributed by atoms with van der Waals surface area (Å²) in [6.45, 7) is 4.00. The second kappa shape index (κ2) is 9.31. The molecule has 0 aliphatic heterocycles. The lowest BCUT2D eigenvalue weighted by molar-refractivity contribution is -0.130. The normalized spacial score (nSPS) is 12.3. The number of hydrogen-bond acceptors (Lipinski definition) is 5. The maximum absolute atomic E-state index is 12.2. The smallest absolute Gasteiger partial charge is 0.251 e. The highest BCUT2D eigenvalue weighted by atomic mass is 32.2. The fraction of sp³-hybridized carbons (Fsp3) is 0.471. The summed E-state index contributed by atoms with van der Waals surface area (Å²) in [6, 6.07) is 7.68. The number of likely N-dealkylation sites (N-methyl/N-ethyl adjacent to an activating group) is 1. The average molecular weight is 380 g/mol. The maximum Gasteiger partial charge on any atom is 0.251 e. The largest absolute Gasteiger partial charge is 0.343 e. The van der Waals surface area contributed by atoms with E-state index in [-0.39, 0.29) is 35.4 Å². The van der Waals surface area contributed by atoms with Gasteiger partial charge in [0.2, 0.25) is 15.9 Å². The zero-order chi connectivity index (χ0) is 19.9. The molecule has 9 heteroatoms. The van der Waals surface area contributed by atoms with Crippen LogP contribution in [0.2, 0.25) is 0 Å². The van der Waals surface area contributed by atoms with E-state index in [1.807, 2.05) is 0 Å². The lowest BCUT2D eigenvalue weighted by Crippen LogP contribution is -2.41. The van der Waals surface area contributed by atoms with Crippen molar-refractivity contribution in [3.8, 4) is 6.07 Å². The Bertz CT molecular complexity index is 799. The van der Waals surface area contributed by atoms with Gasteiger partial charge in [-0.25, -0.2) is 12.7 Å². The number of hydrogen-bond donors (Lipinski definition) is 1. The summed E-state index contributed by atoms with van der Waals surface area (Å²) in [6.07, 6.45) is 0. The second-order valence-electron chi connectivity index (χ2n) is 5.96. The number of benzene rings is 1. The summed E-state index contributed by atoms with van der Waals surface area (Å²) in [7, 11) is -0.840. The first-order valence-corrected chi connectivity index (χ1v) is 9.55. The van der Waals surface area contributed by atoms with E-state index in [0.717, 1.165) is 4.31 Å². The van der Waals surface area contributed by atoms with Crippen LogP contribution in [0.15, 0.2) is 29.2 Å². The molecule has 0 spiro atoms. The monoisotopic (exact) mass is 380 g/mol. The van der Waals surface area contributed by atoms with Crippen molar-refractivity contribution in [3.63, 3.8) is 0 Å². The standard InChI is InChI=1S/C17H24N4O4S/c1-5-21(12-13(2)10-18)16(22)11-19-17(23)14-7-6-8-15(9-14)26(24,25)20(3)4/h6-9,13H,5,11-12H2,1-4H3,(H,19,23). The molecule has 0 aliphatic carbocycles. The van der Waals surface area contributed by atoms with Crippen LogP contribution in [-0.4, -0.2) is 63.2 Å². The zero-order valence-electron chi connectivity index (χ0n) is 15.4. The lowest BCUT2D eigenvalue weighted by Gasteiger charge is -2.22. The highest BCUT2D eigenvalue weighted by Crippen LogP contribution is 2.14. The molecule has 2 amide bonds. The first-order chi connectivity index (χ1) is 12.1. The number of amides is 2. The van der Waals surface area contributed by atoms with Gasteiger partial charge >= 0.3 is 0 Å². The molecule has 1 rings (SSSR count). The molecule has 1 atom stereocenters. The van der Waals surface area contributed by atoms with E-state index in [1.54, 1.807) is 13.8 Å². The number of rotatable bonds is 8. The van der Waals surface area contributed by atoms with E-state index >= 15 is 0 Å². The van der Waals surface area contributed by atoms with Gasteiger partial charge < -0.3 is 10.2 Å². The van der Waals surface area contributed by atoms with E-state index in [4.69, 9.17) is 5.26 Å². The molecule has 1 N–H and O–H groups in total. The summed E-state index contributed by atoms with van der Waals surface area (Å²) in [4.78, 5) is 25.9. The molecule has 0 bridgehead atoms. The third-order valence-electron chi connectivity index (χ3n) is 3.72. The van der Waals surface area contributed by atoms with Gasteiger partial charge in [0.15, 0.2) is 0 Å². The van der Waals surface area contributed by atoms with Crippen LogP contribution in [0, 0.1) is 17.2 Å². The van der Waals surface area contributed by atoms with Gasteiger partial charge in [0.1, 0.15) is 0 Å². The molecule has 1 aromatic carbocycles. The van der Waals surface area contributed by atoms with Gasteiger partial charge in [-0.05, 0) is 32.0 Å². The summed E-state index contributed by atoms with van der Waals surface area (Å²) in [5, 5.41) is 11.3. The Kier molecular flexibility index (Phi) is 7.74. The predicted octanol–water partition coefficient (Wildman–Crippen LogP) is 0.675. The molecule has 142 valence electrons. The summed E-state index contributed by atoms with van der Waals surface area (Å²) in [5.41, 5.74) is 0.147. The van der Waals surface area contributed by atoms with E-state index in [9.17, 15) is 18.0 Å².